The molecule has 0 fully saturated rings. The van der Waals surface area contributed by atoms with Gasteiger partial charge in [-0.1, -0.05) is 37.8 Å². The van der Waals surface area contributed by atoms with Crippen LogP contribution in [0.3, 0.4) is 0 Å². The summed E-state index contributed by atoms with van der Waals surface area (Å²) in [5.41, 5.74) is 1.22. The molecule has 0 bridgehead atoms. The minimum Gasteiger partial charge on any atom is -0.427 e. The number of ether oxygens (including phenoxy) is 1. The Bertz CT molecular complexity index is 374. The van der Waals surface area contributed by atoms with Gasteiger partial charge in [-0.2, -0.15) is 0 Å². The normalized spacial score (nSPS) is 10.4. The highest BCUT2D eigenvalue weighted by atomic mass is 16.5. The molecule has 0 unspecified atom stereocenters. The first kappa shape index (κ1) is 15.7. The van der Waals surface area contributed by atoms with Gasteiger partial charge in [0.2, 0.25) is 0 Å². The van der Waals surface area contributed by atoms with Crippen molar-refractivity contribution >= 4 is 5.97 Å². The van der Waals surface area contributed by atoms with E-state index in [9.17, 15) is 4.79 Å². The number of carbonyl (C=O) groups is 1. The minimum atomic E-state index is -0.277. The molecule has 0 atom stereocenters. The number of benzene rings is 1. The second-order valence-electron chi connectivity index (χ2n) is 4.84. The lowest BCUT2D eigenvalue weighted by molar-refractivity contribution is -0.131. The molecule has 0 radical (unpaired) electrons. The van der Waals surface area contributed by atoms with E-state index in [0.29, 0.717) is 12.4 Å². The SMILES string of the molecule is CC(=O)Oc1cccc(CCCCCCCCO)c1. The molecule has 19 heavy (non-hydrogen) atoms. The van der Waals surface area contributed by atoms with E-state index >= 15 is 0 Å². The topological polar surface area (TPSA) is 46.5 Å². The van der Waals surface area contributed by atoms with Crippen molar-refractivity contribution in [2.24, 2.45) is 0 Å². The van der Waals surface area contributed by atoms with Gasteiger partial charge in [-0.25, -0.2) is 0 Å². The predicted molar refractivity (Wildman–Crippen MR) is 76.2 cm³/mol. The Morgan fingerprint density at radius 3 is 2.47 bits per heavy atom. The highest BCUT2D eigenvalue weighted by Gasteiger charge is 2.00. The van der Waals surface area contributed by atoms with Gasteiger partial charge in [0.05, 0.1) is 0 Å². The molecule has 1 aromatic carbocycles. The number of aliphatic hydroxyl groups is 1. The number of aryl methyl sites for hydroxylation is 1. The molecule has 0 aliphatic rings. The lowest BCUT2D eigenvalue weighted by Gasteiger charge is -2.05. The molecule has 0 aliphatic carbocycles. The van der Waals surface area contributed by atoms with Gasteiger partial charge in [-0.05, 0) is 37.0 Å². The molecule has 0 amide bonds. The first-order chi connectivity index (χ1) is 9.22. The quantitative estimate of drug-likeness (QED) is 0.422. The van der Waals surface area contributed by atoms with E-state index in [4.69, 9.17) is 9.84 Å². The van der Waals surface area contributed by atoms with Crippen LogP contribution in [0.4, 0.5) is 0 Å². The molecule has 0 aromatic heterocycles. The average molecular weight is 264 g/mol. The van der Waals surface area contributed by atoms with Crippen LogP contribution in [0, 0.1) is 0 Å². The first-order valence-corrected chi connectivity index (χ1v) is 7.10. The van der Waals surface area contributed by atoms with Crippen molar-refractivity contribution in [2.75, 3.05) is 6.61 Å². The molecule has 1 N–H and O–H groups in total. The Balaban J connectivity index is 2.20. The van der Waals surface area contributed by atoms with Crippen LogP contribution in [0.15, 0.2) is 24.3 Å². The molecule has 0 saturated carbocycles. The van der Waals surface area contributed by atoms with Gasteiger partial charge in [-0.3, -0.25) is 4.79 Å². The monoisotopic (exact) mass is 264 g/mol. The van der Waals surface area contributed by atoms with Gasteiger partial charge in [0.25, 0.3) is 0 Å². The molecule has 1 aromatic rings. The standard InChI is InChI=1S/C16H24O3/c1-14(18)19-16-11-8-10-15(13-16)9-6-4-2-3-5-7-12-17/h8,10-11,13,17H,2-7,9,12H2,1H3. The van der Waals surface area contributed by atoms with Gasteiger partial charge in [0.1, 0.15) is 5.75 Å². The van der Waals surface area contributed by atoms with Crippen LogP contribution in [-0.4, -0.2) is 17.7 Å². The fourth-order valence-corrected chi connectivity index (χ4v) is 2.08. The van der Waals surface area contributed by atoms with Crippen LogP contribution in [-0.2, 0) is 11.2 Å². The fourth-order valence-electron chi connectivity index (χ4n) is 2.08. The van der Waals surface area contributed by atoms with Gasteiger partial charge < -0.3 is 9.84 Å². The van der Waals surface area contributed by atoms with Gasteiger partial charge in [0.15, 0.2) is 0 Å². The smallest absolute Gasteiger partial charge is 0.308 e. The van der Waals surface area contributed by atoms with Crippen molar-refractivity contribution < 1.29 is 14.6 Å². The zero-order valence-corrected chi connectivity index (χ0v) is 11.7. The number of carbonyl (C=O) groups excluding carboxylic acids is 1. The summed E-state index contributed by atoms with van der Waals surface area (Å²) in [6.45, 7) is 1.72. The molecule has 106 valence electrons. The summed E-state index contributed by atoms with van der Waals surface area (Å²) in [6.07, 6.45) is 7.86. The number of hydrogen-bond donors (Lipinski definition) is 1. The second-order valence-corrected chi connectivity index (χ2v) is 4.84. The van der Waals surface area contributed by atoms with E-state index < -0.39 is 0 Å². The van der Waals surface area contributed by atoms with Crippen molar-refractivity contribution in [1.29, 1.82) is 0 Å². The zero-order valence-electron chi connectivity index (χ0n) is 11.7. The molecular formula is C16H24O3. The number of unbranched alkanes of at least 4 members (excludes halogenated alkanes) is 5. The molecule has 1 rings (SSSR count). The van der Waals surface area contributed by atoms with E-state index in [0.717, 1.165) is 25.7 Å². The van der Waals surface area contributed by atoms with Crippen LogP contribution < -0.4 is 4.74 Å². The number of aliphatic hydroxyl groups excluding tert-OH is 1. The first-order valence-electron chi connectivity index (χ1n) is 7.10. The van der Waals surface area contributed by atoms with Crippen LogP contribution in [0.25, 0.3) is 0 Å². The summed E-state index contributed by atoms with van der Waals surface area (Å²) in [5.74, 6) is 0.356. The third kappa shape index (κ3) is 7.62. The number of rotatable bonds is 9. The highest BCUT2D eigenvalue weighted by molar-refractivity contribution is 5.69. The van der Waals surface area contributed by atoms with Crippen molar-refractivity contribution in [3.8, 4) is 5.75 Å². The maximum atomic E-state index is 10.9. The third-order valence-corrected chi connectivity index (χ3v) is 3.03. The minimum absolute atomic E-state index is 0.277. The van der Waals surface area contributed by atoms with Crippen LogP contribution in [0.5, 0.6) is 5.75 Å². The van der Waals surface area contributed by atoms with Crippen molar-refractivity contribution in [2.45, 2.75) is 51.9 Å². The zero-order chi connectivity index (χ0) is 13.9. The summed E-state index contributed by atoms with van der Waals surface area (Å²) < 4.78 is 5.06. The van der Waals surface area contributed by atoms with Crippen LogP contribution >= 0.6 is 0 Å². The Labute approximate surface area is 115 Å². The lowest BCUT2D eigenvalue weighted by atomic mass is 10.0. The molecule has 0 saturated heterocycles. The second kappa shape index (κ2) is 9.56. The van der Waals surface area contributed by atoms with E-state index in [1.165, 1.54) is 31.7 Å². The molecule has 0 spiro atoms. The van der Waals surface area contributed by atoms with E-state index in [1.807, 2.05) is 12.1 Å². The van der Waals surface area contributed by atoms with Gasteiger partial charge in [0, 0.05) is 13.5 Å². The summed E-state index contributed by atoms with van der Waals surface area (Å²) in [4.78, 5) is 10.9. The Morgan fingerprint density at radius 1 is 1.11 bits per heavy atom. The summed E-state index contributed by atoms with van der Waals surface area (Å²) in [5, 5.41) is 8.67. The highest BCUT2D eigenvalue weighted by Crippen LogP contribution is 2.16. The largest absolute Gasteiger partial charge is 0.427 e. The maximum Gasteiger partial charge on any atom is 0.308 e. The Morgan fingerprint density at radius 2 is 1.79 bits per heavy atom. The summed E-state index contributed by atoms with van der Waals surface area (Å²) in [6, 6.07) is 7.74. The number of esters is 1. The van der Waals surface area contributed by atoms with E-state index in [2.05, 4.69) is 6.07 Å². The third-order valence-electron chi connectivity index (χ3n) is 3.03. The van der Waals surface area contributed by atoms with Crippen LogP contribution in [0.2, 0.25) is 0 Å². The summed E-state index contributed by atoms with van der Waals surface area (Å²) >= 11 is 0. The fraction of sp³-hybridized carbons (Fsp3) is 0.562. The van der Waals surface area contributed by atoms with E-state index in [-0.39, 0.29) is 5.97 Å². The molecule has 3 heteroatoms. The Kier molecular flexibility index (Phi) is 7.91. The molecule has 0 aliphatic heterocycles. The van der Waals surface area contributed by atoms with Crippen molar-refractivity contribution in [3.05, 3.63) is 29.8 Å². The van der Waals surface area contributed by atoms with Crippen molar-refractivity contribution in [3.63, 3.8) is 0 Å². The molecule has 3 nitrogen and oxygen atoms in total. The maximum absolute atomic E-state index is 10.9. The predicted octanol–water partition coefficient (Wildman–Crippen LogP) is 3.49. The number of hydrogen-bond acceptors (Lipinski definition) is 3. The van der Waals surface area contributed by atoms with Crippen molar-refractivity contribution in [1.82, 2.24) is 0 Å². The summed E-state index contributed by atoms with van der Waals surface area (Å²) in [7, 11) is 0. The lowest BCUT2D eigenvalue weighted by Crippen LogP contribution is -2.01. The average Bonchev–Trinajstić information content (AvgIpc) is 2.37. The molecular weight excluding hydrogens is 240 g/mol. The van der Waals surface area contributed by atoms with Crippen LogP contribution in [0.1, 0.15) is 51.0 Å². The van der Waals surface area contributed by atoms with E-state index in [1.54, 1.807) is 6.07 Å². The molecule has 0 heterocycles. The Hall–Kier alpha value is -1.35. The van der Waals surface area contributed by atoms with Gasteiger partial charge >= 0.3 is 5.97 Å². The van der Waals surface area contributed by atoms with Gasteiger partial charge in [-0.15, -0.1) is 0 Å².